The van der Waals surface area contributed by atoms with E-state index >= 15 is 0 Å². The zero-order valence-electron chi connectivity index (χ0n) is 13.2. The van der Waals surface area contributed by atoms with Crippen LogP contribution >= 0.6 is 0 Å². The smallest absolute Gasteiger partial charge is 0.155 e. The van der Waals surface area contributed by atoms with Gasteiger partial charge < -0.3 is 5.32 Å². The molecule has 2 aromatic carbocycles. The van der Waals surface area contributed by atoms with E-state index in [9.17, 15) is 0 Å². The summed E-state index contributed by atoms with van der Waals surface area (Å²) in [7, 11) is 0. The second-order valence-corrected chi connectivity index (χ2v) is 6.30. The summed E-state index contributed by atoms with van der Waals surface area (Å²) >= 11 is 0. The maximum absolute atomic E-state index is 4.43. The van der Waals surface area contributed by atoms with E-state index in [2.05, 4.69) is 68.9 Å². The average Bonchev–Trinajstić information content (AvgIpc) is 3.01. The van der Waals surface area contributed by atoms with Gasteiger partial charge in [0.25, 0.3) is 0 Å². The number of fused-ring (bicyclic) bond motifs is 1. The summed E-state index contributed by atoms with van der Waals surface area (Å²) in [6, 6.07) is 19.5. The molecule has 0 spiro atoms. The molecular weight excluding hydrogens is 284 g/mol. The highest BCUT2D eigenvalue weighted by molar-refractivity contribution is 5.89. The Balaban J connectivity index is 1.35. The van der Waals surface area contributed by atoms with Crippen LogP contribution in [0, 0.1) is 0 Å². The predicted molar refractivity (Wildman–Crippen MR) is 94.5 cm³/mol. The third-order valence-electron chi connectivity index (χ3n) is 4.65. The molecule has 2 heterocycles. The number of nitrogens with one attached hydrogen (secondary N) is 2. The maximum atomic E-state index is 4.43. The largest absolute Gasteiger partial charge is 0.365 e. The second kappa shape index (κ2) is 6.42. The zero-order chi connectivity index (χ0) is 15.5. The van der Waals surface area contributed by atoms with Crippen molar-refractivity contribution in [3.05, 3.63) is 60.2 Å². The van der Waals surface area contributed by atoms with Crippen LogP contribution in [-0.2, 0) is 6.54 Å². The van der Waals surface area contributed by atoms with E-state index in [0.29, 0.717) is 6.04 Å². The van der Waals surface area contributed by atoms with Crippen LogP contribution in [-0.4, -0.2) is 34.2 Å². The van der Waals surface area contributed by atoms with Crippen molar-refractivity contribution in [2.75, 3.05) is 18.4 Å². The van der Waals surface area contributed by atoms with Crippen LogP contribution in [0.2, 0.25) is 0 Å². The summed E-state index contributed by atoms with van der Waals surface area (Å²) in [4.78, 5) is 2.54. The first-order valence-corrected chi connectivity index (χ1v) is 8.34. The molecule has 0 aliphatic carbocycles. The molecule has 118 valence electrons. The Morgan fingerprint density at radius 3 is 2.57 bits per heavy atom. The number of nitrogens with zero attached hydrogens (tertiary/aromatic N) is 2. The van der Waals surface area contributed by atoms with Crippen molar-refractivity contribution < 1.29 is 0 Å². The van der Waals surface area contributed by atoms with Gasteiger partial charge >= 0.3 is 0 Å². The number of likely N-dealkylation sites (tertiary alicyclic amines) is 1. The van der Waals surface area contributed by atoms with Gasteiger partial charge in [-0.15, -0.1) is 0 Å². The molecule has 1 fully saturated rings. The van der Waals surface area contributed by atoms with E-state index < -0.39 is 0 Å². The molecule has 0 unspecified atom stereocenters. The van der Waals surface area contributed by atoms with Gasteiger partial charge in [0, 0.05) is 31.1 Å². The second-order valence-electron chi connectivity index (χ2n) is 6.30. The highest BCUT2D eigenvalue weighted by atomic mass is 15.2. The third-order valence-corrected chi connectivity index (χ3v) is 4.65. The summed E-state index contributed by atoms with van der Waals surface area (Å²) in [6.45, 7) is 3.32. The summed E-state index contributed by atoms with van der Waals surface area (Å²) < 4.78 is 0. The number of anilines is 1. The van der Waals surface area contributed by atoms with Gasteiger partial charge in [-0.25, -0.2) is 0 Å². The quantitative estimate of drug-likeness (QED) is 0.773. The van der Waals surface area contributed by atoms with E-state index in [1.165, 1.54) is 10.9 Å². The molecule has 0 saturated carbocycles. The van der Waals surface area contributed by atoms with Crippen LogP contribution in [0.15, 0.2) is 54.6 Å². The first kappa shape index (κ1) is 14.3. The predicted octanol–water partition coefficient (Wildman–Crippen LogP) is 3.64. The molecular formula is C19H22N4. The number of aromatic amines is 1. The minimum Gasteiger partial charge on any atom is -0.365 e. The monoisotopic (exact) mass is 306 g/mol. The zero-order valence-corrected chi connectivity index (χ0v) is 13.2. The molecule has 4 heteroatoms. The van der Waals surface area contributed by atoms with Gasteiger partial charge in [0.1, 0.15) is 0 Å². The minimum absolute atomic E-state index is 0.508. The van der Waals surface area contributed by atoms with Crippen molar-refractivity contribution in [1.82, 2.24) is 15.1 Å². The highest BCUT2D eigenvalue weighted by Crippen LogP contribution is 2.23. The van der Waals surface area contributed by atoms with Crippen molar-refractivity contribution in [2.45, 2.75) is 25.4 Å². The molecule has 0 bridgehead atoms. The lowest BCUT2D eigenvalue weighted by molar-refractivity contribution is 0.211. The normalized spacial score (nSPS) is 16.7. The highest BCUT2D eigenvalue weighted by Gasteiger charge is 2.20. The van der Waals surface area contributed by atoms with Gasteiger partial charge in [0.2, 0.25) is 0 Å². The van der Waals surface area contributed by atoms with E-state index in [0.717, 1.165) is 43.8 Å². The lowest BCUT2D eigenvalue weighted by Gasteiger charge is -2.32. The van der Waals surface area contributed by atoms with E-state index in [-0.39, 0.29) is 0 Å². The topological polar surface area (TPSA) is 44.0 Å². The molecule has 4 nitrogen and oxygen atoms in total. The summed E-state index contributed by atoms with van der Waals surface area (Å²) in [5.74, 6) is 0.988. The van der Waals surface area contributed by atoms with Crippen molar-refractivity contribution >= 4 is 16.7 Å². The van der Waals surface area contributed by atoms with Crippen molar-refractivity contribution in [3.8, 4) is 0 Å². The maximum Gasteiger partial charge on any atom is 0.155 e. The molecule has 0 radical (unpaired) electrons. The van der Waals surface area contributed by atoms with Crippen molar-refractivity contribution in [2.24, 2.45) is 0 Å². The number of piperidine rings is 1. The van der Waals surface area contributed by atoms with Gasteiger partial charge in [0.05, 0.1) is 5.52 Å². The number of para-hydroxylation sites is 1. The Bertz CT molecular complexity index is 757. The number of aromatic nitrogens is 2. The first-order valence-electron chi connectivity index (χ1n) is 8.34. The Hall–Kier alpha value is -2.33. The number of benzene rings is 2. The van der Waals surface area contributed by atoms with E-state index in [4.69, 9.17) is 0 Å². The number of rotatable bonds is 4. The lowest BCUT2D eigenvalue weighted by atomic mass is 10.0. The van der Waals surface area contributed by atoms with Gasteiger partial charge in [0.15, 0.2) is 5.82 Å². The molecule has 2 N–H and O–H groups in total. The molecule has 1 aliphatic rings. The number of H-pyrrole nitrogens is 1. The van der Waals surface area contributed by atoms with Gasteiger partial charge in [-0.05, 0) is 30.5 Å². The Morgan fingerprint density at radius 1 is 1.00 bits per heavy atom. The minimum atomic E-state index is 0.508. The average molecular weight is 306 g/mol. The van der Waals surface area contributed by atoms with Crippen molar-refractivity contribution in [3.63, 3.8) is 0 Å². The van der Waals surface area contributed by atoms with E-state index in [1.54, 1.807) is 0 Å². The molecule has 3 aromatic rings. The SMILES string of the molecule is c1ccc(CN2CCC(Nc3n[nH]c4ccccc34)CC2)cc1. The molecule has 0 amide bonds. The van der Waals surface area contributed by atoms with Crippen LogP contribution in [0.25, 0.3) is 10.9 Å². The fourth-order valence-corrected chi connectivity index (χ4v) is 3.34. The fourth-order valence-electron chi connectivity index (χ4n) is 3.34. The van der Waals surface area contributed by atoms with Gasteiger partial charge in [-0.1, -0.05) is 42.5 Å². The summed E-state index contributed by atoms with van der Waals surface area (Å²) in [6.07, 6.45) is 2.32. The summed E-state index contributed by atoms with van der Waals surface area (Å²) in [5, 5.41) is 12.3. The van der Waals surface area contributed by atoms with Crippen LogP contribution in [0.1, 0.15) is 18.4 Å². The Morgan fingerprint density at radius 2 is 1.74 bits per heavy atom. The standard InChI is InChI=1S/C19H22N4/c1-2-6-15(7-3-1)14-23-12-10-16(11-13-23)20-19-17-8-4-5-9-18(17)21-22-19/h1-9,16H,10-14H2,(H2,20,21,22). The number of hydrogen-bond donors (Lipinski definition) is 2. The third kappa shape index (κ3) is 3.22. The molecule has 1 aliphatic heterocycles. The van der Waals surface area contributed by atoms with Crippen molar-refractivity contribution in [1.29, 1.82) is 0 Å². The Labute approximate surface area is 136 Å². The summed E-state index contributed by atoms with van der Waals surface area (Å²) in [5.41, 5.74) is 2.49. The van der Waals surface area contributed by atoms with Crippen LogP contribution in [0.5, 0.6) is 0 Å². The first-order chi connectivity index (χ1) is 11.4. The van der Waals surface area contributed by atoms with Gasteiger partial charge in [-0.3, -0.25) is 10.00 Å². The molecule has 4 rings (SSSR count). The van der Waals surface area contributed by atoms with Crippen LogP contribution in [0.4, 0.5) is 5.82 Å². The van der Waals surface area contributed by atoms with Crippen LogP contribution in [0.3, 0.4) is 0 Å². The lowest BCUT2D eigenvalue weighted by Crippen LogP contribution is -2.38. The molecule has 1 saturated heterocycles. The number of hydrogen-bond acceptors (Lipinski definition) is 3. The molecule has 1 aromatic heterocycles. The van der Waals surface area contributed by atoms with E-state index in [1.807, 2.05) is 6.07 Å². The molecule has 0 atom stereocenters. The van der Waals surface area contributed by atoms with Crippen LogP contribution < -0.4 is 5.32 Å². The fraction of sp³-hybridized carbons (Fsp3) is 0.316. The Kier molecular flexibility index (Phi) is 3.99. The van der Waals surface area contributed by atoms with Gasteiger partial charge in [-0.2, -0.15) is 5.10 Å². The molecule has 23 heavy (non-hydrogen) atoms.